The SMILES string of the molecule is CSCCN1C(=O)CSC1c1ccccc1C. The zero-order valence-corrected chi connectivity index (χ0v) is 11.8. The van der Waals surface area contributed by atoms with Crippen LogP contribution < -0.4 is 0 Å². The van der Waals surface area contributed by atoms with Crippen LogP contribution in [0.5, 0.6) is 0 Å². The van der Waals surface area contributed by atoms with Gasteiger partial charge in [-0.2, -0.15) is 11.8 Å². The zero-order chi connectivity index (χ0) is 12.3. The number of carbonyl (C=O) groups is 1. The lowest BCUT2D eigenvalue weighted by atomic mass is 10.1. The van der Waals surface area contributed by atoms with Crippen molar-refractivity contribution in [2.45, 2.75) is 12.3 Å². The molecule has 0 aliphatic carbocycles. The summed E-state index contributed by atoms with van der Waals surface area (Å²) in [6, 6.07) is 8.36. The first kappa shape index (κ1) is 12.8. The first-order valence-corrected chi connectivity index (χ1v) is 8.14. The standard InChI is InChI=1S/C13H17NOS2/c1-10-5-3-4-6-11(10)13-14(7-8-16-2)12(15)9-17-13/h3-6,13H,7-9H2,1-2H3. The van der Waals surface area contributed by atoms with Crippen molar-refractivity contribution in [3.05, 3.63) is 35.4 Å². The van der Waals surface area contributed by atoms with E-state index in [4.69, 9.17) is 0 Å². The molecule has 1 fully saturated rings. The molecule has 2 nitrogen and oxygen atoms in total. The fourth-order valence-corrected chi connectivity index (χ4v) is 3.70. The van der Waals surface area contributed by atoms with E-state index in [-0.39, 0.29) is 11.3 Å². The van der Waals surface area contributed by atoms with Gasteiger partial charge < -0.3 is 4.90 Å². The molecule has 1 atom stereocenters. The molecule has 4 heteroatoms. The number of hydrogen-bond donors (Lipinski definition) is 0. The summed E-state index contributed by atoms with van der Waals surface area (Å²) >= 11 is 3.53. The van der Waals surface area contributed by atoms with Crippen molar-refractivity contribution in [1.29, 1.82) is 0 Å². The summed E-state index contributed by atoms with van der Waals surface area (Å²) in [5, 5.41) is 0.218. The van der Waals surface area contributed by atoms with Gasteiger partial charge in [-0.25, -0.2) is 0 Å². The highest BCUT2D eigenvalue weighted by molar-refractivity contribution is 8.00. The topological polar surface area (TPSA) is 20.3 Å². The first-order chi connectivity index (χ1) is 8.24. The number of nitrogens with zero attached hydrogens (tertiary/aromatic N) is 1. The predicted octanol–water partition coefficient (Wildman–Crippen LogP) is 2.93. The Balaban J connectivity index is 2.19. The van der Waals surface area contributed by atoms with Crippen LogP contribution in [0.1, 0.15) is 16.5 Å². The molecule has 0 saturated carbocycles. The van der Waals surface area contributed by atoms with Crippen LogP contribution in [0.15, 0.2) is 24.3 Å². The first-order valence-electron chi connectivity index (χ1n) is 5.69. The van der Waals surface area contributed by atoms with E-state index in [9.17, 15) is 4.79 Å². The average Bonchev–Trinajstić information content (AvgIpc) is 2.69. The number of benzene rings is 1. The molecule has 1 saturated heterocycles. The summed E-state index contributed by atoms with van der Waals surface area (Å²) in [5.41, 5.74) is 2.55. The molecule has 1 aliphatic heterocycles. The lowest BCUT2D eigenvalue weighted by Crippen LogP contribution is -2.30. The maximum Gasteiger partial charge on any atom is 0.233 e. The van der Waals surface area contributed by atoms with Crippen LogP contribution in [-0.2, 0) is 4.79 Å². The third-order valence-corrected chi connectivity index (χ3v) is 4.79. The van der Waals surface area contributed by atoms with Crippen LogP contribution in [0.2, 0.25) is 0 Å². The van der Waals surface area contributed by atoms with E-state index >= 15 is 0 Å². The average molecular weight is 267 g/mol. The number of aryl methyl sites for hydroxylation is 1. The van der Waals surface area contributed by atoms with Gasteiger partial charge in [0.25, 0.3) is 0 Å². The van der Waals surface area contributed by atoms with Crippen LogP contribution in [-0.4, -0.2) is 35.1 Å². The van der Waals surface area contributed by atoms with E-state index in [1.54, 1.807) is 23.5 Å². The second-order valence-corrected chi connectivity index (χ2v) is 6.15. The van der Waals surface area contributed by atoms with Gasteiger partial charge in [0.1, 0.15) is 5.37 Å². The monoisotopic (exact) mass is 267 g/mol. The summed E-state index contributed by atoms with van der Waals surface area (Å²) in [6.07, 6.45) is 2.08. The van der Waals surface area contributed by atoms with Crippen molar-refractivity contribution >= 4 is 29.4 Å². The lowest BCUT2D eigenvalue weighted by Gasteiger charge is -2.25. The zero-order valence-electron chi connectivity index (χ0n) is 10.2. The molecule has 1 aliphatic rings. The molecule has 17 heavy (non-hydrogen) atoms. The third-order valence-electron chi connectivity index (χ3n) is 2.96. The van der Waals surface area contributed by atoms with Gasteiger partial charge >= 0.3 is 0 Å². The molecule has 1 heterocycles. The van der Waals surface area contributed by atoms with E-state index in [2.05, 4.69) is 31.4 Å². The van der Waals surface area contributed by atoms with Gasteiger partial charge in [0.2, 0.25) is 5.91 Å². The molecule has 1 aromatic carbocycles. The van der Waals surface area contributed by atoms with Crippen LogP contribution >= 0.6 is 23.5 Å². The van der Waals surface area contributed by atoms with Crippen LogP contribution in [0, 0.1) is 6.92 Å². The van der Waals surface area contributed by atoms with Crippen molar-refractivity contribution in [2.75, 3.05) is 24.3 Å². The van der Waals surface area contributed by atoms with Gasteiger partial charge in [-0.1, -0.05) is 24.3 Å². The largest absolute Gasteiger partial charge is 0.325 e. The Hall–Kier alpha value is -0.610. The molecule has 1 unspecified atom stereocenters. The minimum Gasteiger partial charge on any atom is -0.325 e. The van der Waals surface area contributed by atoms with E-state index in [1.807, 2.05) is 11.0 Å². The van der Waals surface area contributed by atoms with Gasteiger partial charge in [-0.15, -0.1) is 11.8 Å². The maximum absolute atomic E-state index is 11.9. The van der Waals surface area contributed by atoms with Gasteiger partial charge in [-0.05, 0) is 24.3 Å². The molecule has 2 rings (SSSR count). The fourth-order valence-electron chi connectivity index (χ4n) is 2.01. The molecule has 92 valence electrons. The minimum absolute atomic E-state index is 0.218. The van der Waals surface area contributed by atoms with Crippen LogP contribution in [0.4, 0.5) is 0 Å². The molecule has 0 radical (unpaired) electrons. The van der Waals surface area contributed by atoms with E-state index in [1.165, 1.54) is 11.1 Å². The van der Waals surface area contributed by atoms with Crippen molar-refractivity contribution in [3.63, 3.8) is 0 Å². The van der Waals surface area contributed by atoms with Gasteiger partial charge in [0, 0.05) is 12.3 Å². The maximum atomic E-state index is 11.9. The highest BCUT2D eigenvalue weighted by Gasteiger charge is 2.32. The van der Waals surface area contributed by atoms with Gasteiger partial charge in [0.05, 0.1) is 5.75 Å². The Morgan fingerprint density at radius 3 is 2.94 bits per heavy atom. The van der Waals surface area contributed by atoms with E-state index in [0.29, 0.717) is 5.75 Å². The van der Waals surface area contributed by atoms with Crippen molar-refractivity contribution < 1.29 is 4.79 Å². The fraction of sp³-hybridized carbons (Fsp3) is 0.462. The predicted molar refractivity (Wildman–Crippen MR) is 76.5 cm³/mol. The quantitative estimate of drug-likeness (QED) is 0.836. The Morgan fingerprint density at radius 1 is 1.47 bits per heavy atom. The van der Waals surface area contributed by atoms with Crippen molar-refractivity contribution in [2.24, 2.45) is 0 Å². The smallest absolute Gasteiger partial charge is 0.233 e. The second-order valence-electron chi connectivity index (χ2n) is 4.10. The number of hydrogen-bond acceptors (Lipinski definition) is 3. The number of carbonyl (C=O) groups excluding carboxylic acids is 1. The van der Waals surface area contributed by atoms with Gasteiger partial charge in [-0.3, -0.25) is 4.79 Å². The molecule has 0 spiro atoms. The summed E-state index contributed by atoms with van der Waals surface area (Å²) in [4.78, 5) is 13.9. The number of rotatable bonds is 4. The highest BCUT2D eigenvalue weighted by Crippen LogP contribution is 2.39. The summed E-state index contributed by atoms with van der Waals surface area (Å²) in [5.74, 6) is 1.90. The summed E-state index contributed by atoms with van der Waals surface area (Å²) in [7, 11) is 0. The molecule has 1 amide bonds. The Morgan fingerprint density at radius 2 is 2.24 bits per heavy atom. The van der Waals surface area contributed by atoms with E-state index in [0.717, 1.165) is 12.3 Å². The van der Waals surface area contributed by atoms with E-state index < -0.39 is 0 Å². The molecular formula is C13H17NOS2. The Kier molecular flexibility index (Phi) is 4.40. The third kappa shape index (κ3) is 2.80. The molecule has 0 N–H and O–H groups in total. The van der Waals surface area contributed by atoms with Crippen LogP contribution in [0.3, 0.4) is 0 Å². The molecular weight excluding hydrogens is 250 g/mol. The van der Waals surface area contributed by atoms with Gasteiger partial charge in [0.15, 0.2) is 0 Å². The van der Waals surface area contributed by atoms with Crippen LogP contribution in [0.25, 0.3) is 0 Å². The summed E-state index contributed by atoms with van der Waals surface area (Å²) < 4.78 is 0. The highest BCUT2D eigenvalue weighted by atomic mass is 32.2. The normalized spacial score (nSPS) is 20.0. The number of thioether (sulfide) groups is 2. The lowest BCUT2D eigenvalue weighted by molar-refractivity contribution is -0.127. The minimum atomic E-state index is 0.218. The second kappa shape index (κ2) is 5.83. The molecule has 0 bridgehead atoms. The summed E-state index contributed by atoms with van der Waals surface area (Å²) in [6.45, 7) is 2.97. The Bertz CT molecular complexity index is 408. The number of amides is 1. The van der Waals surface area contributed by atoms with Crippen molar-refractivity contribution in [3.8, 4) is 0 Å². The Labute approximate surface area is 111 Å². The van der Waals surface area contributed by atoms with Crippen molar-refractivity contribution in [1.82, 2.24) is 4.90 Å². The molecule has 0 aromatic heterocycles. The molecule has 1 aromatic rings.